The number of nitrogens with zero attached hydrogens (tertiary/aromatic N) is 1. The van der Waals surface area contributed by atoms with Crippen LogP contribution < -0.4 is 16.6 Å². The highest BCUT2D eigenvalue weighted by Gasteiger charge is 2.09. The van der Waals surface area contributed by atoms with Crippen LogP contribution in [0.15, 0.2) is 36.4 Å². The van der Waals surface area contributed by atoms with E-state index in [4.69, 9.17) is 29.0 Å². The van der Waals surface area contributed by atoms with Crippen molar-refractivity contribution in [1.82, 2.24) is 4.98 Å². The molecule has 7 heteroatoms. The fourth-order valence-electron chi connectivity index (χ4n) is 1.46. The molecule has 0 radical (unpaired) electrons. The molecule has 1 aromatic heterocycles. The van der Waals surface area contributed by atoms with E-state index in [2.05, 4.69) is 15.7 Å². The number of rotatable bonds is 3. The molecule has 0 saturated carbocycles. The molecule has 1 heterocycles. The monoisotopic (exact) mass is 296 g/mol. The number of halogens is 2. The maximum absolute atomic E-state index is 12.0. The molecule has 1 amide bonds. The van der Waals surface area contributed by atoms with Gasteiger partial charge >= 0.3 is 0 Å². The molecule has 0 saturated heterocycles. The smallest absolute Gasteiger partial charge is 0.274 e. The lowest BCUT2D eigenvalue weighted by atomic mass is 10.3. The van der Waals surface area contributed by atoms with Crippen molar-refractivity contribution < 1.29 is 4.79 Å². The minimum absolute atomic E-state index is 0.228. The van der Waals surface area contributed by atoms with Gasteiger partial charge in [-0.15, -0.1) is 0 Å². The van der Waals surface area contributed by atoms with Crippen molar-refractivity contribution in [2.45, 2.75) is 0 Å². The Labute approximate surface area is 119 Å². The Hall–Kier alpha value is -1.82. The number of nitrogens with two attached hydrogens (primary N) is 1. The van der Waals surface area contributed by atoms with Crippen LogP contribution in [0, 0.1) is 0 Å². The molecule has 0 atom stereocenters. The molecule has 0 aliphatic heterocycles. The predicted octanol–water partition coefficient (Wildman–Crippen LogP) is 2.93. The lowest BCUT2D eigenvalue weighted by Crippen LogP contribution is -2.16. The van der Waals surface area contributed by atoms with Crippen molar-refractivity contribution in [2.75, 3.05) is 10.7 Å². The van der Waals surface area contributed by atoms with E-state index in [1.54, 1.807) is 36.4 Å². The number of hydrogen-bond donors (Lipinski definition) is 3. The van der Waals surface area contributed by atoms with Gasteiger partial charge in [-0.1, -0.05) is 29.3 Å². The number of amides is 1. The van der Waals surface area contributed by atoms with E-state index in [0.717, 1.165) is 0 Å². The summed E-state index contributed by atoms with van der Waals surface area (Å²) in [4.78, 5) is 16.0. The molecular formula is C12H10Cl2N4O. The number of pyridine rings is 1. The topological polar surface area (TPSA) is 80.0 Å². The zero-order valence-electron chi connectivity index (χ0n) is 9.65. The average molecular weight is 297 g/mol. The number of carbonyl (C=O) groups excluding carboxylic acids is 1. The fourth-order valence-corrected chi connectivity index (χ4v) is 1.99. The minimum atomic E-state index is -0.379. The largest absolute Gasteiger partial charge is 0.321 e. The molecule has 1 aromatic carbocycles. The van der Waals surface area contributed by atoms with Crippen LogP contribution >= 0.6 is 23.2 Å². The van der Waals surface area contributed by atoms with Gasteiger partial charge in [0.15, 0.2) is 0 Å². The Morgan fingerprint density at radius 1 is 1.16 bits per heavy atom. The van der Waals surface area contributed by atoms with E-state index in [9.17, 15) is 4.79 Å². The SMILES string of the molecule is NNc1cccc(C(=O)Nc2cc(Cl)cc(Cl)c2)n1. The zero-order valence-corrected chi connectivity index (χ0v) is 11.2. The number of carbonyl (C=O) groups is 1. The number of nitrogen functional groups attached to an aromatic ring is 1. The van der Waals surface area contributed by atoms with E-state index in [1.807, 2.05) is 0 Å². The Morgan fingerprint density at radius 2 is 1.84 bits per heavy atom. The van der Waals surface area contributed by atoms with E-state index in [0.29, 0.717) is 21.6 Å². The Kier molecular flexibility index (Phi) is 4.21. The number of benzene rings is 1. The van der Waals surface area contributed by atoms with Crippen LogP contribution in [0.1, 0.15) is 10.5 Å². The third kappa shape index (κ3) is 3.57. The summed E-state index contributed by atoms with van der Waals surface area (Å²) >= 11 is 11.7. The van der Waals surface area contributed by atoms with Gasteiger partial charge in [0.2, 0.25) is 0 Å². The molecule has 0 unspecified atom stereocenters. The second kappa shape index (κ2) is 5.88. The summed E-state index contributed by atoms with van der Waals surface area (Å²) in [7, 11) is 0. The molecule has 4 N–H and O–H groups in total. The van der Waals surface area contributed by atoms with E-state index in [1.165, 1.54) is 0 Å². The van der Waals surface area contributed by atoms with Crippen LogP contribution in [-0.2, 0) is 0 Å². The van der Waals surface area contributed by atoms with Crippen molar-refractivity contribution in [2.24, 2.45) is 5.84 Å². The van der Waals surface area contributed by atoms with Crippen LogP contribution in [0.4, 0.5) is 11.5 Å². The van der Waals surface area contributed by atoms with Crippen molar-refractivity contribution in [3.63, 3.8) is 0 Å². The second-order valence-electron chi connectivity index (χ2n) is 3.66. The number of nitrogens with one attached hydrogen (secondary N) is 2. The lowest BCUT2D eigenvalue weighted by Gasteiger charge is -2.07. The molecule has 0 spiro atoms. The van der Waals surface area contributed by atoms with Crippen LogP contribution in [0.25, 0.3) is 0 Å². The number of hydrazine groups is 1. The maximum Gasteiger partial charge on any atom is 0.274 e. The zero-order chi connectivity index (χ0) is 13.8. The van der Waals surface area contributed by atoms with Gasteiger partial charge < -0.3 is 10.7 Å². The molecule has 5 nitrogen and oxygen atoms in total. The summed E-state index contributed by atoms with van der Waals surface area (Å²) in [5.41, 5.74) is 3.10. The number of hydrogen-bond acceptors (Lipinski definition) is 4. The summed E-state index contributed by atoms with van der Waals surface area (Å²) in [6.07, 6.45) is 0. The number of aromatic nitrogens is 1. The van der Waals surface area contributed by atoms with Crippen molar-refractivity contribution >= 4 is 40.6 Å². The normalized spacial score (nSPS) is 10.1. The highest BCUT2D eigenvalue weighted by Crippen LogP contribution is 2.22. The van der Waals surface area contributed by atoms with Gasteiger partial charge in [-0.2, -0.15) is 0 Å². The average Bonchev–Trinajstić information content (AvgIpc) is 2.37. The minimum Gasteiger partial charge on any atom is -0.321 e. The van der Waals surface area contributed by atoms with Gasteiger partial charge in [0.05, 0.1) is 0 Å². The third-order valence-electron chi connectivity index (χ3n) is 2.25. The summed E-state index contributed by atoms with van der Waals surface area (Å²) in [6.45, 7) is 0. The molecular weight excluding hydrogens is 287 g/mol. The molecule has 2 rings (SSSR count). The molecule has 98 valence electrons. The lowest BCUT2D eigenvalue weighted by molar-refractivity contribution is 0.102. The summed E-state index contributed by atoms with van der Waals surface area (Å²) < 4.78 is 0. The van der Waals surface area contributed by atoms with Crippen molar-refractivity contribution in [3.8, 4) is 0 Å². The molecule has 2 aromatic rings. The Balaban J connectivity index is 2.20. The van der Waals surface area contributed by atoms with Gasteiger partial charge in [-0.05, 0) is 30.3 Å². The van der Waals surface area contributed by atoms with Crippen molar-refractivity contribution in [1.29, 1.82) is 0 Å². The first kappa shape index (κ1) is 13.6. The van der Waals surface area contributed by atoms with Crippen LogP contribution in [-0.4, -0.2) is 10.9 Å². The summed E-state index contributed by atoms with van der Waals surface area (Å²) in [6, 6.07) is 9.65. The van der Waals surface area contributed by atoms with Crippen LogP contribution in [0.3, 0.4) is 0 Å². The molecule has 19 heavy (non-hydrogen) atoms. The Bertz CT molecular complexity index is 598. The van der Waals surface area contributed by atoms with E-state index >= 15 is 0 Å². The van der Waals surface area contributed by atoms with Gasteiger partial charge in [0.25, 0.3) is 5.91 Å². The fraction of sp³-hybridized carbons (Fsp3) is 0. The van der Waals surface area contributed by atoms with Gasteiger partial charge in [-0.25, -0.2) is 10.8 Å². The first-order valence-corrected chi connectivity index (χ1v) is 6.05. The number of anilines is 2. The summed E-state index contributed by atoms with van der Waals surface area (Å²) in [5.74, 6) is 5.25. The van der Waals surface area contributed by atoms with E-state index in [-0.39, 0.29) is 11.6 Å². The summed E-state index contributed by atoms with van der Waals surface area (Å²) in [5, 5.41) is 3.53. The molecule has 0 bridgehead atoms. The first-order chi connectivity index (χ1) is 9.08. The maximum atomic E-state index is 12.0. The van der Waals surface area contributed by atoms with Gasteiger partial charge in [-0.3, -0.25) is 4.79 Å². The highest BCUT2D eigenvalue weighted by atomic mass is 35.5. The molecule has 0 aliphatic carbocycles. The second-order valence-corrected chi connectivity index (χ2v) is 4.54. The van der Waals surface area contributed by atoms with Gasteiger partial charge in [0, 0.05) is 15.7 Å². The Morgan fingerprint density at radius 3 is 2.47 bits per heavy atom. The van der Waals surface area contributed by atoms with Crippen LogP contribution in [0.2, 0.25) is 10.0 Å². The third-order valence-corrected chi connectivity index (χ3v) is 2.69. The predicted molar refractivity (Wildman–Crippen MR) is 76.5 cm³/mol. The van der Waals surface area contributed by atoms with E-state index < -0.39 is 0 Å². The first-order valence-electron chi connectivity index (χ1n) is 5.29. The van der Waals surface area contributed by atoms with Crippen LogP contribution in [0.5, 0.6) is 0 Å². The van der Waals surface area contributed by atoms with Crippen molar-refractivity contribution in [3.05, 3.63) is 52.1 Å². The molecule has 0 aliphatic rings. The highest BCUT2D eigenvalue weighted by molar-refractivity contribution is 6.35. The molecule has 0 fully saturated rings. The van der Waals surface area contributed by atoms with Gasteiger partial charge in [0.1, 0.15) is 11.5 Å². The standard InChI is InChI=1S/C12H10Cl2N4O/c13-7-4-8(14)6-9(5-7)16-12(19)10-2-1-3-11(17-10)18-15/h1-6H,15H2,(H,16,19)(H,17,18). The quantitative estimate of drug-likeness (QED) is 0.601.